The summed E-state index contributed by atoms with van der Waals surface area (Å²) < 4.78 is 6.05. The fraction of sp³-hybridized carbons (Fsp3) is 0.556. The monoisotopic (exact) mass is 410 g/mol. The number of hydrogen-bond acceptors (Lipinski definition) is 4. The number of ether oxygens (including phenoxy) is 1. The number of para-hydroxylation sites is 1. The zero-order chi connectivity index (χ0) is 18.1. The van der Waals surface area contributed by atoms with Crippen molar-refractivity contribution in [1.82, 2.24) is 10.6 Å². The van der Waals surface area contributed by atoms with E-state index in [0.29, 0.717) is 25.6 Å². The number of halogens is 1. The van der Waals surface area contributed by atoms with Crippen LogP contribution in [-0.4, -0.2) is 51.3 Å². The van der Waals surface area contributed by atoms with Crippen molar-refractivity contribution in [2.45, 2.75) is 32.2 Å². The summed E-state index contributed by atoms with van der Waals surface area (Å²) in [5.74, 6) is 0.634. The van der Waals surface area contributed by atoms with Crippen LogP contribution >= 0.6 is 15.9 Å². The summed E-state index contributed by atoms with van der Waals surface area (Å²) in [7, 11) is 1.77. The van der Waals surface area contributed by atoms with Crippen LogP contribution in [0.4, 0.5) is 5.69 Å². The maximum absolute atomic E-state index is 11.3. The van der Waals surface area contributed by atoms with Gasteiger partial charge >= 0.3 is 5.97 Å². The molecule has 1 fully saturated rings. The number of anilines is 1. The van der Waals surface area contributed by atoms with E-state index in [-0.39, 0.29) is 5.97 Å². The maximum Gasteiger partial charge on any atom is 0.305 e. The van der Waals surface area contributed by atoms with Gasteiger partial charge in [0, 0.05) is 43.6 Å². The Morgan fingerprint density at radius 1 is 1.44 bits per heavy atom. The second-order valence-electron chi connectivity index (χ2n) is 5.93. The van der Waals surface area contributed by atoms with E-state index in [1.165, 1.54) is 5.69 Å². The third-order valence-corrected chi connectivity index (χ3v) is 4.77. The van der Waals surface area contributed by atoms with Crippen molar-refractivity contribution in [2.75, 3.05) is 38.2 Å². The fourth-order valence-electron chi connectivity index (χ4n) is 2.87. The molecule has 1 heterocycles. The molecular weight excluding hydrogens is 384 g/mol. The van der Waals surface area contributed by atoms with Crippen LogP contribution in [0, 0.1) is 0 Å². The van der Waals surface area contributed by atoms with E-state index >= 15 is 0 Å². The van der Waals surface area contributed by atoms with Crippen molar-refractivity contribution in [3.8, 4) is 0 Å². The van der Waals surface area contributed by atoms with Gasteiger partial charge in [0.25, 0.3) is 0 Å². The topological polar surface area (TPSA) is 66.0 Å². The Morgan fingerprint density at radius 2 is 2.24 bits per heavy atom. The second-order valence-corrected chi connectivity index (χ2v) is 6.79. The largest absolute Gasteiger partial charge is 0.466 e. The quantitative estimate of drug-likeness (QED) is 0.313. The summed E-state index contributed by atoms with van der Waals surface area (Å²) in [6.45, 7) is 4.90. The molecule has 0 spiro atoms. The molecule has 6 nitrogen and oxygen atoms in total. The van der Waals surface area contributed by atoms with Gasteiger partial charge < -0.3 is 20.3 Å². The Balaban J connectivity index is 1.73. The fourth-order valence-corrected chi connectivity index (χ4v) is 3.40. The van der Waals surface area contributed by atoms with Crippen molar-refractivity contribution < 1.29 is 9.53 Å². The number of esters is 1. The number of nitrogens with one attached hydrogen (secondary N) is 2. The van der Waals surface area contributed by atoms with Gasteiger partial charge in [0.15, 0.2) is 5.96 Å². The third-order valence-electron chi connectivity index (χ3n) is 4.10. The average Bonchev–Trinajstić information content (AvgIpc) is 3.06. The zero-order valence-corrected chi connectivity index (χ0v) is 16.5. The summed E-state index contributed by atoms with van der Waals surface area (Å²) in [5, 5.41) is 6.73. The molecule has 0 aromatic heterocycles. The van der Waals surface area contributed by atoms with Gasteiger partial charge in [-0.3, -0.25) is 9.79 Å². The third kappa shape index (κ3) is 6.23. The molecule has 25 heavy (non-hydrogen) atoms. The SMILES string of the molecule is CCOC(=O)CCCNC(=NC)NC1CCN(c2ccccc2Br)C1. The molecule has 138 valence electrons. The predicted octanol–water partition coefficient (Wildman–Crippen LogP) is 2.54. The molecule has 0 radical (unpaired) electrons. The van der Waals surface area contributed by atoms with E-state index in [9.17, 15) is 4.79 Å². The first-order chi connectivity index (χ1) is 12.1. The zero-order valence-electron chi connectivity index (χ0n) is 14.9. The number of carbonyl (C=O) groups is 1. The average molecular weight is 411 g/mol. The van der Waals surface area contributed by atoms with Crippen LogP contribution < -0.4 is 15.5 Å². The van der Waals surface area contributed by atoms with E-state index in [0.717, 1.165) is 36.4 Å². The van der Waals surface area contributed by atoms with Crippen molar-refractivity contribution in [3.05, 3.63) is 28.7 Å². The van der Waals surface area contributed by atoms with Gasteiger partial charge in [0.05, 0.1) is 12.3 Å². The van der Waals surface area contributed by atoms with Crippen LogP contribution in [0.5, 0.6) is 0 Å². The highest BCUT2D eigenvalue weighted by molar-refractivity contribution is 9.10. The van der Waals surface area contributed by atoms with Crippen LogP contribution in [0.25, 0.3) is 0 Å². The van der Waals surface area contributed by atoms with Crippen LogP contribution in [0.15, 0.2) is 33.7 Å². The van der Waals surface area contributed by atoms with Gasteiger partial charge in [-0.25, -0.2) is 0 Å². The van der Waals surface area contributed by atoms with E-state index in [1.54, 1.807) is 7.05 Å². The second kappa shape index (κ2) is 10.3. The van der Waals surface area contributed by atoms with Crippen molar-refractivity contribution in [1.29, 1.82) is 0 Å². The predicted molar refractivity (Wildman–Crippen MR) is 105 cm³/mol. The van der Waals surface area contributed by atoms with Crippen LogP contribution in [-0.2, 0) is 9.53 Å². The minimum Gasteiger partial charge on any atom is -0.466 e. The molecule has 0 aliphatic carbocycles. The number of guanidine groups is 1. The van der Waals surface area contributed by atoms with Crippen LogP contribution in [0.1, 0.15) is 26.2 Å². The highest BCUT2D eigenvalue weighted by Gasteiger charge is 2.24. The first-order valence-corrected chi connectivity index (χ1v) is 9.55. The van der Waals surface area contributed by atoms with Gasteiger partial charge in [0.2, 0.25) is 0 Å². The van der Waals surface area contributed by atoms with Crippen molar-refractivity contribution in [3.63, 3.8) is 0 Å². The van der Waals surface area contributed by atoms with Gasteiger partial charge in [-0.2, -0.15) is 0 Å². The summed E-state index contributed by atoms with van der Waals surface area (Å²) in [4.78, 5) is 18.0. The summed E-state index contributed by atoms with van der Waals surface area (Å²) in [5.41, 5.74) is 1.23. The summed E-state index contributed by atoms with van der Waals surface area (Å²) in [6.07, 6.45) is 2.22. The van der Waals surface area contributed by atoms with E-state index in [1.807, 2.05) is 13.0 Å². The molecule has 1 aliphatic heterocycles. The molecule has 1 aliphatic rings. The smallest absolute Gasteiger partial charge is 0.305 e. The maximum atomic E-state index is 11.3. The van der Waals surface area contributed by atoms with Crippen LogP contribution in [0.3, 0.4) is 0 Å². The lowest BCUT2D eigenvalue weighted by Gasteiger charge is -2.21. The Morgan fingerprint density at radius 3 is 2.96 bits per heavy atom. The molecule has 1 aromatic carbocycles. The first-order valence-electron chi connectivity index (χ1n) is 8.76. The number of benzene rings is 1. The van der Waals surface area contributed by atoms with Crippen molar-refractivity contribution in [2.24, 2.45) is 4.99 Å². The van der Waals surface area contributed by atoms with Gasteiger partial charge in [0.1, 0.15) is 0 Å². The van der Waals surface area contributed by atoms with Crippen LogP contribution in [0.2, 0.25) is 0 Å². The van der Waals surface area contributed by atoms with E-state index < -0.39 is 0 Å². The summed E-state index contributed by atoms with van der Waals surface area (Å²) >= 11 is 3.62. The number of rotatable bonds is 7. The Bertz CT molecular complexity index is 594. The molecule has 0 amide bonds. The molecule has 1 saturated heterocycles. The van der Waals surface area contributed by atoms with E-state index in [2.05, 4.69) is 54.7 Å². The molecule has 7 heteroatoms. The van der Waals surface area contributed by atoms with E-state index in [4.69, 9.17) is 4.74 Å². The molecule has 2 N–H and O–H groups in total. The lowest BCUT2D eigenvalue weighted by Crippen LogP contribution is -2.44. The molecule has 0 saturated carbocycles. The number of aliphatic imine (C=N–C) groups is 1. The number of nitrogens with zero attached hydrogens (tertiary/aromatic N) is 2. The standard InChI is InChI=1S/C18H27BrN4O2/c1-3-25-17(24)9-6-11-21-18(20-2)22-14-10-12-23(13-14)16-8-5-4-7-15(16)19/h4-5,7-8,14H,3,6,9-13H2,1-2H3,(H2,20,21,22). The molecule has 0 bridgehead atoms. The normalized spacial score (nSPS) is 17.5. The summed E-state index contributed by atoms with van der Waals surface area (Å²) in [6, 6.07) is 8.64. The highest BCUT2D eigenvalue weighted by Crippen LogP contribution is 2.28. The Labute approximate surface area is 158 Å². The Hall–Kier alpha value is -1.76. The minimum absolute atomic E-state index is 0.146. The minimum atomic E-state index is -0.146. The molecule has 1 aromatic rings. The molecular formula is C18H27BrN4O2. The van der Waals surface area contributed by atoms with Gasteiger partial charge in [-0.1, -0.05) is 12.1 Å². The first kappa shape index (κ1) is 19.6. The highest BCUT2D eigenvalue weighted by atomic mass is 79.9. The molecule has 1 unspecified atom stereocenters. The van der Waals surface area contributed by atoms with Crippen molar-refractivity contribution >= 4 is 33.5 Å². The number of carbonyl (C=O) groups excluding carboxylic acids is 1. The van der Waals surface area contributed by atoms with Gasteiger partial charge in [-0.15, -0.1) is 0 Å². The van der Waals surface area contributed by atoms with Gasteiger partial charge in [-0.05, 0) is 47.8 Å². The Kier molecular flexibility index (Phi) is 8.04. The number of hydrogen-bond donors (Lipinski definition) is 2. The lowest BCUT2D eigenvalue weighted by atomic mass is 10.2. The molecule has 1 atom stereocenters. The lowest BCUT2D eigenvalue weighted by molar-refractivity contribution is -0.143. The molecule has 2 rings (SSSR count).